The smallest absolute Gasteiger partial charge is 0.224 e. The van der Waals surface area contributed by atoms with Gasteiger partial charge in [0.2, 0.25) is 5.91 Å². The van der Waals surface area contributed by atoms with E-state index in [0.717, 1.165) is 57.3 Å². The van der Waals surface area contributed by atoms with Crippen molar-refractivity contribution in [3.05, 3.63) is 42.5 Å². The number of hydrogen-bond donors (Lipinski definition) is 0. The second-order valence-electron chi connectivity index (χ2n) is 10.6. The topological polar surface area (TPSA) is 38.1 Å². The number of amides is 1. The molecule has 4 nitrogen and oxygen atoms in total. The molecule has 2 heterocycles. The molecule has 4 heteroatoms. The predicted molar refractivity (Wildman–Crippen MR) is 143 cm³/mol. The summed E-state index contributed by atoms with van der Waals surface area (Å²) in [6, 6.07) is 0. The molecule has 0 saturated carbocycles. The van der Waals surface area contributed by atoms with Crippen molar-refractivity contribution in [2.24, 2.45) is 11.8 Å². The highest BCUT2D eigenvalue weighted by Gasteiger charge is 2.35. The molecule has 1 saturated heterocycles. The molecule has 1 aliphatic heterocycles. The van der Waals surface area contributed by atoms with Gasteiger partial charge in [-0.15, -0.1) is 0 Å². The Morgan fingerprint density at radius 3 is 2.50 bits per heavy atom. The molecule has 1 aliphatic carbocycles. The number of carbonyl (C=O) groups is 1. The van der Waals surface area contributed by atoms with Crippen LogP contribution in [0.5, 0.6) is 0 Å². The number of imidazole rings is 1. The van der Waals surface area contributed by atoms with Crippen molar-refractivity contribution in [2.75, 3.05) is 6.54 Å². The lowest BCUT2D eigenvalue weighted by atomic mass is 9.95. The van der Waals surface area contributed by atoms with Crippen LogP contribution in [-0.2, 0) is 11.2 Å². The Hall–Kier alpha value is -1.84. The number of unbranched alkanes of at least 4 members (excludes halogenated alkanes) is 7. The average Bonchev–Trinajstić information content (AvgIpc) is 3.45. The Morgan fingerprint density at radius 1 is 0.971 bits per heavy atom. The second kappa shape index (κ2) is 15.2. The van der Waals surface area contributed by atoms with Crippen LogP contribution in [0.1, 0.15) is 122 Å². The van der Waals surface area contributed by atoms with Gasteiger partial charge >= 0.3 is 0 Å². The summed E-state index contributed by atoms with van der Waals surface area (Å²) >= 11 is 0. The molecule has 1 aromatic rings. The van der Waals surface area contributed by atoms with E-state index in [1.165, 1.54) is 57.8 Å². The molecule has 1 amide bonds. The van der Waals surface area contributed by atoms with E-state index in [9.17, 15) is 4.79 Å². The van der Waals surface area contributed by atoms with Gasteiger partial charge in [-0.1, -0.05) is 89.5 Å². The molecule has 0 radical (unpaired) electrons. The van der Waals surface area contributed by atoms with Crippen molar-refractivity contribution >= 4 is 5.91 Å². The van der Waals surface area contributed by atoms with Crippen LogP contribution in [0, 0.1) is 11.8 Å². The van der Waals surface area contributed by atoms with Crippen molar-refractivity contribution in [2.45, 2.75) is 123 Å². The Balaban J connectivity index is 1.57. The minimum absolute atomic E-state index is 0.143. The summed E-state index contributed by atoms with van der Waals surface area (Å²) in [4.78, 5) is 20.0. The van der Waals surface area contributed by atoms with Crippen molar-refractivity contribution in [1.29, 1.82) is 0 Å². The van der Waals surface area contributed by atoms with E-state index in [4.69, 9.17) is 4.98 Å². The normalized spacial score (nSPS) is 21.0. The van der Waals surface area contributed by atoms with Gasteiger partial charge in [-0.25, -0.2) is 4.98 Å². The monoisotopic (exact) mass is 467 g/mol. The number of carbonyl (C=O) groups excluding carboxylic acids is 1. The zero-order chi connectivity index (χ0) is 24.0. The lowest BCUT2D eigenvalue weighted by Gasteiger charge is -2.31. The average molecular weight is 468 g/mol. The van der Waals surface area contributed by atoms with E-state index < -0.39 is 0 Å². The predicted octanol–water partition coefficient (Wildman–Crippen LogP) is 8.02. The van der Waals surface area contributed by atoms with Gasteiger partial charge in [-0.05, 0) is 50.4 Å². The molecule has 1 fully saturated rings. The molecular formula is C30H49N3O. The zero-order valence-electron chi connectivity index (χ0n) is 22.0. The van der Waals surface area contributed by atoms with Gasteiger partial charge in [0.15, 0.2) is 0 Å². The van der Waals surface area contributed by atoms with Gasteiger partial charge in [0.25, 0.3) is 0 Å². The van der Waals surface area contributed by atoms with Crippen LogP contribution in [0.2, 0.25) is 0 Å². The lowest BCUT2D eigenvalue weighted by Crippen LogP contribution is -2.35. The van der Waals surface area contributed by atoms with E-state index >= 15 is 0 Å². The molecule has 2 aliphatic rings. The number of likely N-dealkylation sites (tertiary alicyclic amines) is 1. The van der Waals surface area contributed by atoms with Crippen molar-refractivity contribution in [1.82, 2.24) is 14.5 Å². The molecule has 3 atom stereocenters. The van der Waals surface area contributed by atoms with Crippen LogP contribution in [0.15, 0.2) is 36.7 Å². The Kier molecular flexibility index (Phi) is 12.0. The number of hydrogen-bond acceptors (Lipinski definition) is 2. The maximum atomic E-state index is 13.0. The highest BCUT2D eigenvalue weighted by molar-refractivity contribution is 5.78. The number of allylic oxidation sites excluding steroid dienone is 4. The molecule has 3 unspecified atom stereocenters. The first-order valence-corrected chi connectivity index (χ1v) is 14.4. The summed E-state index contributed by atoms with van der Waals surface area (Å²) in [6.07, 6.45) is 32.4. The van der Waals surface area contributed by atoms with E-state index in [-0.39, 0.29) is 6.17 Å². The summed E-state index contributed by atoms with van der Waals surface area (Å²) in [6.45, 7) is 5.43. The van der Waals surface area contributed by atoms with E-state index in [0.29, 0.717) is 17.7 Å². The number of nitrogens with zero attached hydrogens (tertiary/aromatic N) is 3. The van der Waals surface area contributed by atoms with Crippen LogP contribution < -0.4 is 0 Å². The Bertz CT molecular complexity index is 765. The number of rotatable bonds is 17. The SMILES string of the molecule is CCCCCCCCCCC(N1CC(CCC)CC1=O)n1ccnc1CCCC1C=CC=CC1. The molecule has 190 valence electrons. The van der Waals surface area contributed by atoms with Gasteiger partial charge in [0, 0.05) is 31.8 Å². The van der Waals surface area contributed by atoms with Crippen molar-refractivity contribution in [3.8, 4) is 0 Å². The van der Waals surface area contributed by atoms with Gasteiger partial charge in [0.05, 0.1) is 0 Å². The molecule has 0 N–H and O–H groups in total. The number of aromatic nitrogens is 2. The van der Waals surface area contributed by atoms with E-state index in [1.54, 1.807) is 0 Å². The third kappa shape index (κ3) is 8.43. The van der Waals surface area contributed by atoms with E-state index in [1.807, 2.05) is 6.20 Å². The van der Waals surface area contributed by atoms with Crippen LogP contribution in [0.25, 0.3) is 0 Å². The molecule has 0 bridgehead atoms. The summed E-state index contributed by atoms with van der Waals surface area (Å²) in [5.74, 6) is 2.70. The largest absolute Gasteiger partial charge is 0.322 e. The summed E-state index contributed by atoms with van der Waals surface area (Å²) in [7, 11) is 0. The number of aryl methyl sites for hydroxylation is 1. The first-order chi connectivity index (χ1) is 16.7. The highest BCUT2D eigenvalue weighted by atomic mass is 16.2. The zero-order valence-corrected chi connectivity index (χ0v) is 22.0. The third-order valence-electron chi connectivity index (χ3n) is 7.73. The van der Waals surface area contributed by atoms with Crippen LogP contribution >= 0.6 is 0 Å². The van der Waals surface area contributed by atoms with Gasteiger partial charge in [-0.2, -0.15) is 0 Å². The standard InChI is InChI=1S/C30H49N3O/c1-3-5-6-7-8-9-10-14-21-29(33-25-27(16-4-2)24-30(33)34)32-23-22-31-28(32)20-15-19-26-17-12-11-13-18-26/h11-13,17,22-23,26-27,29H,3-10,14-16,18-21,24-25H2,1-2H3. The minimum Gasteiger partial charge on any atom is -0.322 e. The van der Waals surface area contributed by atoms with Crippen molar-refractivity contribution in [3.63, 3.8) is 0 Å². The van der Waals surface area contributed by atoms with Crippen LogP contribution in [-0.4, -0.2) is 26.9 Å². The fourth-order valence-corrected chi connectivity index (χ4v) is 5.78. The molecule has 0 aromatic carbocycles. The third-order valence-corrected chi connectivity index (χ3v) is 7.73. The van der Waals surface area contributed by atoms with Crippen LogP contribution in [0.3, 0.4) is 0 Å². The fraction of sp³-hybridized carbons (Fsp3) is 0.733. The van der Waals surface area contributed by atoms with Gasteiger partial charge in [0.1, 0.15) is 12.0 Å². The first-order valence-electron chi connectivity index (χ1n) is 14.4. The maximum Gasteiger partial charge on any atom is 0.224 e. The first kappa shape index (κ1) is 26.8. The molecule has 34 heavy (non-hydrogen) atoms. The summed E-state index contributed by atoms with van der Waals surface area (Å²) in [5, 5.41) is 0. The fourth-order valence-electron chi connectivity index (χ4n) is 5.78. The lowest BCUT2D eigenvalue weighted by molar-refractivity contribution is -0.131. The Morgan fingerprint density at radius 2 is 1.76 bits per heavy atom. The molecule has 1 aromatic heterocycles. The molecule has 0 spiro atoms. The second-order valence-corrected chi connectivity index (χ2v) is 10.6. The van der Waals surface area contributed by atoms with Gasteiger partial charge in [-0.3, -0.25) is 4.79 Å². The maximum absolute atomic E-state index is 13.0. The Labute approximate surface area is 208 Å². The summed E-state index contributed by atoms with van der Waals surface area (Å²) in [5.41, 5.74) is 0. The highest BCUT2D eigenvalue weighted by Crippen LogP contribution is 2.32. The molecule has 3 rings (SSSR count). The van der Waals surface area contributed by atoms with Gasteiger partial charge < -0.3 is 9.47 Å². The molecular weight excluding hydrogens is 418 g/mol. The minimum atomic E-state index is 0.143. The summed E-state index contributed by atoms with van der Waals surface area (Å²) < 4.78 is 2.35. The van der Waals surface area contributed by atoms with Crippen LogP contribution in [0.4, 0.5) is 0 Å². The van der Waals surface area contributed by atoms with E-state index in [2.05, 4.69) is 53.8 Å². The van der Waals surface area contributed by atoms with Crippen molar-refractivity contribution < 1.29 is 4.79 Å². The quantitative estimate of drug-likeness (QED) is 0.218.